The molecule has 0 spiro atoms. The summed E-state index contributed by atoms with van der Waals surface area (Å²) in [6.07, 6.45) is -0.00630. The van der Waals surface area contributed by atoms with Crippen molar-refractivity contribution in [3.8, 4) is 0 Å². The first-order valence-corrected chi connectivity index (χ1v) is 5.44. The lowest BCUT2D eigenvalue weighted by Gasteiger charge is -2.14. The van der Waals surface area contributed by atoms with Gasteiger partial charge in [-0.3, -0.25) is 4.79 Å². The summed E-state index contributed by atoms with van der Waals surface area (Å²) in [5.74, 6) is -4.51. The Kier molecular flexibility index (Phi) is 5.37. The Balaban J connectivity index is 2.85. The number of carboxylic acid groups (broad SMARTS) is 1. The third-order valence-electron chi connectivity index (χ3n) is 2.40. The number of hydrogen-bond acceptors (Lipinski definition) is 3. The molecule has 0 bridgehead atoms. The van der Waals surface area contributed by atoms with Crippen molar-refractivity contribution in [2.75, 3.05) is 13.7 Å². The molecule has 0 saturated carbocycles. The lowest BCUT2D eigenvalue weighted by atomic mass is 10.1. The van der Waals surface area contributed by atoms with E-state index in [1.54, 1.807) is 0 Å². The Morgan fingerprint density at radius 2 is 1.95 bits per heavy atom. The van der Waals surface area contributed by atoms with Crippen LogP contribution in [0.2, 0.25) is 0 Å². The number of amides is 1. The number of ether oxygens (including phenoxy) is 1. The van der Waals surface area contributed by atoms with Gasteiger partial charge in [-0.25, -0.2) is 13.6 Å². The monoisotopic (exact) mass is 273 g/mol. The molecular formula is C12H13F2NO4. The number of rotatable bonds is 6. The molecule has 0 aliphatic heterocycles. The Labute approximate surface area is 108 Å². The van der Waals surface area contributed by atoms with Gasteiger partial charge in [-0.1, -0.05) is 6.07 Å². The average molecular weight is 273 g/mol. The molecule has 7 heteroatoms. The normalized spacial score (nSPS) is 11.9. The summed E-state index contributed by atoms with van der Waals surface area (Å²) in [5.41, 5.74) is -0.800. The third kappa shape index (κ3) is 3.99. The van der Waals surface area contributed by atoms with Gasteiger partial charge in [0.25, 0.3) is 5.91 Å². The SMILES string of the molecule is COCCC(NC(=O)c1c(F)cccc1F)C(=O)O. The van der Waals surface area contributed by atoms with Gasteiger partial charge in [0.1, 0.15) is 23.2 Å². The maximum atomic E-state index is 13.3. The molecule has 0 aromatic heterocycles. The fourth-order valence-corrected chi connectivity index (χ4v) is 1.44. The Morgan fingerprint density at radius 1 is 1.37 bits per heavy atom. The first kappa shape index (κ1) is 15.0. The van der Waals surface area contributed by atoms with Gasteiger partial charge < -0.3 is 15.2 Å². The van der Waals surface area contributed by atoms with Crippen LogP contribution in [0.15, 0.2) is 18.2 Å². The van der Waals surface area contributed by atoms with Gasteiger partial charge in [-0.2, -0.15) is 0 Å². The summed E-state index contributed by atoms with van der Waals surface area (Å²) in [5, 5.41) is 10.9. The summed E-state index contributed by atoms with van der Waals surface area (Å²) in [4.78, 5) is 22.6. The molecule has 1 aromatic carbocycles. The number of carbonyl (C=O) groups excluding carboxylic acids is 1. The van der Waals surface area contributed by atoms with Crippen molar-refractivity contribution >= 4 is 11.9 Å². The maximum Gasteiger partial charge on any atom is 0.326 e. The first-order chi connectivity index (χ1) is 8.97. The number of halogens is 2. The summed E-state index contributed by atoms with van der Waals surface area (Å²) in [6.45, 7) is 0.0942. The number of methoxy groups -OCH3 is 1. The maximum absolute atomic E-state index is 13.3. The predicted molar refractivity (Wildman–Crippen MR) is 61.7 cm³/mol. The number of hydrogen-bond donors (Lipinski definition) is 2. The molecule has 0 heterocycles. The minimum Gasteiger partial charge on any atom is -0.480 e. The van der Waals surface area contributed by atoms with Crippen LogP contribution in [0.5, 0.6) is 0 Å². The van der Waals surface area contributed by atoms with Crippen LogP contribution in [0.1, 0.15) is 16.8 Å². The van der Waals surface area contributed by atoms with Gasteiger partial charge in [0.2, 0.25) is 0 Å². The molecule has 19 heavy (non-hydrogen) atoms. The summed E-state index contributed by atoms with van der Waals surface area (Å²) in [7, 11) is 1.37. The van der Waals surface area contributed by atoms with E-state index in [0.717, 1.165) is 18.2 Å². The molecule has 1 rings (SSSR count). The molecule has 1 aromatic rings. The highest BCUT2D eigenvalue weighted by molar-refractivity contribution is 5.97. The van der Waals surface area contributed by atoms with Gasteiger partial charge in [0.05, 0.1) is 0 Å². The topological polar surface area (TPSA) is 75.6 Å². The predicted octanol–water partition coefficient (Wildman–Crippen LogP) is 1.18. The van der Waals surface area contributed by atoms with E-state index in [-0.39, 0.29) is 13.0 Å². The molecule has 5 nitrogen and oxygen atoms in total. The minimum absolute atomic E-state index is 0.00630. The van der Waals surface area contributed by atoms with Crippen molar-refractivity contribution in [3.05, 3.63) is 35.4 Å². The third-order valence-corrected chi connectivity index (χ3v) is 2.40. The molecular weight excluding hydrogens is 260 g/mol. The highest BCUT2D eigenvalue weighted by Crippen LogP contribution is 2.12. The Hall–Kier alpha value is -2.02. The van der Waals surface area contributed by atoms with Crippen LogP contribution >= 0.6 is 0 Å². The second-order valence-corrected chi connectivity index (χ2v) is 3.74. The van der Waals surface area contributed by atoms with E-state index in [1.807, 2.05) is 0 Å². The zero-order valence-corrected chi connectivity index (χ0v) is 10.2. The first-order valence-electron chi connectivity index (χ1n) is 5.44. The molecule has 1 unspecified atom stereocenters. The van der Waals surface area contributed by atoms with Crippen LogP contribution in [0.3, 0.4) is 0 Å². The molecule has 0 saturated heterocycles. The molecule has 2 N–H and O–H groups in total. The molecule has 104 valence electrons. The average Bonchev–Trinajstić information content (AvgIpc) is 2.33. The molecule has 1 atom stereocenters. The zero-order valence-electron chi connectivity index (χ0n) is 10.2. The van der Waals surface area contributed by atoms with E-state index < -0.39 is 35.1 Å². The van der Waals surface area contributed by atoms with E-state index in [0.29, 0.717) is 0 Å². The standard InChI is InChI=1S/C12H13F2NO4/c1-19-6-5-9(12(17)18)15-11(16)10-7(13)3-2-4-8(10)14/h2-4,9H,5-6H2,1H3,(H,15,16)(H,17,18). The number of nitrogens with one attached hydrogen (secondary N) is 1. The van der Waals surface area contributed by atoms with Crippen LogP contribution in [0, 0.1) is 11.6 Å². The lowest BCUT2D eigenvalue weighted by molar-refractivity contribution is -0.139. The Morgan fingerprint density at radius 3 is 2.42 bits per heavy atom. The smallest absolute Gasteiger partial charge is 0.326 e. The van der Waals surface area contributed by atoms with Crippen LogP contribution in [0.4, 0.5) is 8.78 Å². The highest BCUT2D eigenvalue weighted by atomic mass is 19.1. The molecule has 0 radical (unpaired) electrons. The zero-order chi connectivity index (χ0) is 14.4. The quantitative estimate of drug-likeness (QED) is 0.816. The van der Waals surface area contributed by atoms with E-state index in [2.05, 4.69) is 5.32 Å². The summed E-state index contributed by atoms with van der Waals surface area (Å²) in [6, 6.07) is 1.68. The summed E-state index contributed by atoms with van der Waals surface area (Å²) < 4.78 is 31.4. The van der Waals surface area contributed by atoms with Gasteiger partial charge in [-0.05, 0) is 12.1 Å². The second kappa shape index (κ2) is 6.79. The van der Waals surface area contributed by atoms with Crippen LogP contribution in [-0.2, 0) is 9.53 Å². The fraction of sp³-hybridized carbons (Fsp3) is 0.333. The van der Waals surface area contributed by atoms with Crippen LogP contribution < -0.4 is 5.32 Å². The van der Waals surface area contributed by atoms with Crippen molar-refractivity contribution in [1.82, 2.24) is 5.32 Å². The van der Waals surface area contributed by atoms with E-state index in [4.69, 9.17) is 9.84 Å². The fourth-order valence-electron chi connectivity index (χ4n) is 1.44. The van der Waals surface area contributed by atoms with E-state index >= 15 is 0 Å². The van der Waals surface area contributed by atoms with E-state index in [1.165, 1.54) is 7.11 Å². The largest absolute Gasteiger partial charge is 0.480 e. The molecule has 0 fully saturated rings. The highest BCUT2D eigenvalue weighted by Gasteiger charge is 2.24. The number of carboxylic acids is 1. The number of benzene rings is 1. The molecule has 0 aliphatic rings. The van der Waals surface area contributed by atoms with Crippen LogP contribution in [-0.4, -0.2) is 36.7 Å². The van der Waals surface area contributed by atoms with Crippen molar-refractivity contribution in [3.63, 3.8) is 0 Å². The van der Waals surface area contributed by atoms with Crippen LogP contribution in [0.25, 0.3) is 0 Å². The van der Waals surface area contributed by atoms with Crippen molar-refractivity contribution in [2.45, 2.75) is 12.5 Å². The Bertz CT molecular complexity index is 459. The molecule has 0 aliphatic carbocycles. The van der Waals surface area contributed by atoms with Crippen molar-refractivity contribution in [2.24, 2.45) is 0 Å². The second-order valence-electron chi connectivity index (χ2n) is 3.74. The van der Waals surface area contributed by atoms with Crippen molar-refractivity contribution in [1.29, 1.82) is 0 Å². The lowest BCUT2D eigenvalue weighted by Crippen LogP contribution is -2.42. The van der Waals surface area contributed by atoms with Gasteiger partial charge in [0, 0.05) is 20.1 Å². The number of carbonyl (C=O) groups is 2. The van der Waals surface area contributed by atoms with E-state index in [9.17, 15) is 18.4 Å². The van der Waals surface area contributed by atoms with Gasteiger partial charge in [-0.15, -0.1) is 0 Å². The van der Waals surface area contributed by atoms with Gasteiger partial charge in [0.15, 0.2) is 0 Å². The molecule has 1 amide bonds. The minimum atomic E-state index is -1.30. The number of aliphatic carboxylic acids is 1. The van der Waals surface area contributed by atoms with Gasteiger partial charge >= 0.3 is 5.97 Å². The van der Waals surface area contributed by atoms with Crippen molar-refractivity contribution < 1.29 is 28.2 Å². The summed E-state index contributed by atoms with van der Waals surface area (Å²) >= 11 is 0.